The average Bonchev–Trinajstić information content (AvgIpc) is 2.51. The fourth-order valence-electron chi connectivity index (χ4n) is 2.16. The quantitative estimate of drug-likeness (QED) is 0.408. The summed E-state index contributed by atoms with van der Waals surface area (Å²) < 4.78 is 5.60. The van der Waals surface area contributed by atoms with Gasteiger partial charge in [0.2, 0.25) is 0 Å². The van der Waals surface area contributed by atoms with Crippen LogP contribution in [0.1, 0.15) is 25.0 Å². The highest BCUT2D eigenvalue weighted by atomic mass is 127. The van der Waals surface area contributed by atoms with Crippen LogP contribution < -0.4 is 15.8 Å². The maximum absolute atomic E-state index is 5.92. The third kappa shape index (κ3) is 6.74. The minimum Gasteiger partial charge on any atom is -0.491 e. The zero-order valence-corrected chi connectivity index (χ0v) is 16.7. The van der Waals surface area contributed by atoms with Crippen LogP contribution in [0.25, 0.3) is 0 Å². The van der Waals surface area contributed by atoms with Crippen LogP contribution in [0.4, 0.5) is 5.69 Å². The summed E-state index contributed by atoms with van der Waals surface area (Å²) in [5.74, 6) is 1.25. The molecule has 0 aliphatic carbocycles. The normalized spacial score (nSPS) is 11.1. The molecule has 6 heteroatoms. The molecule has 130 valence electrons. The van der Waals surface area contributed by atoms with Crippen molar-refractivity contribution in [2.45, 2.75) is 33.3 Å². The zero-order chi connectivity index (χ0) is 16.7. The molecule has 24 heavy (non-hydrogen) atoms. The van der Waals surface area contributed by atoms with Gasteiger partial charge in [0.15, 0.2) is 5.96 Å². The number of hydrogen-bond donors (Lipinski definition) is 2. The van der Waals surface area contributed by atoms with E-state index in [1.54, 1.807) is 6.20 Å². The Kier molecular flexibility index (Phi) is 8.53. The first kappa shape index (κ1) is 20.2. The fourth-order valence-corrected chi connectivity index (χ4v) is 2.16. The minimum absolute atomic E-state index is 0. The van der Waals surface area contributed by atoms with Gasteiger partial charge in [0.25, 0.3) is 0 Å². The molecule has 0 bridgehead atoms. The van der Waals surface area contributed by atoms with E-state index in [4.69, 9.17) is 10.5 Å². The van der Waals surface area contributed by atoms with Crippen molar-refractivity contribution in [3.05, 3.63) is 53.9 Å². The summed E-state index contributed by atoms with van der Waals surface area (Å²) >= 11 is 0. The van der Waals surface area contributed by atoms with Gasteiger partial charge in [-0.05, 0) is 68.7 Å². The maximum Gasteiger partial charge on any atom is 0.193 e. The number of halogens is 1. The molecule has 0 aliphatic rings. The summed E-state index contributed by atoms with van der Waals surface area (Å²) in [7, 11) is 0. The van der Waals surface area contributed by atoms with Crippen molar-refractivity contribution in [2.75, 3.05) is 11.9 Å². The van der Waals surface area contributed by atoms with Crippen molar-refractivity contribution in [3.8, 4) is 5.75 Å². The van der Waals surface area contributed by atoms with Crippen molar-refractivity contribution in [2.24, 2.45) is 10.7 Å². The number of aryl methyl sites for hydroxylation is 1. The Morgan fingerprint density at radius 3 is 2.58 bits per heavy atom. The van der Waals surface area contributed by atoms with Crippen molar-refractivity contribution in [1.29, 1.82) is 0 Å². The summed E-state index contributed by atoms with van der Waals surface area (Å²) in [5, 5.41) is 3.08. The molecule has 0 saturated heterocycles. The van der Waals surface area contributed by atoms with Gasteiger partial charge in [0.1, 0.15) is 5.75 Å². The second-order valence-corrected chi connectivity index (χ2v) is 5.64. The average molecular weight is 440 g/mol. The Labute approximate surface area is 160 Å². The number of pyridine rings is 1. The van der Waals surface area contributed by atoms with E-state index in [9.17, 15) is 0 Å². The second kappa shape index (κ2) is 10.1. The van der Waals surface area contributed by atoms with Crippen molar-refractivity contribution >= 4 is 35.6 Å². The van der Waals surface area contributed by atoms with Crippen LogP contribution in [0.2, 0.25) is 0 Å². The first-order valence-electron chi connectivity index (χ1n) is 7.78. The van der Waals surface area contributed by atoms with Gasteiger partial charge >= 0.3 is 0 Å². The van der Waals surface area contributed by atoms with Gasteiger partial charge in [0, 0.05) is 24.6 Å². The lowest BCUT2D eigenvalue weighted by Gasteiger charge is -2.11. The minimum atomic E-state index is 0. The standard InChI is InChI=1S/C18H24N4O.HI/c1-13(2)23-17-6-4-16(5-7-17)22-18(19)21-11-9-15-8-10-20-12-14(15)3;/h4-8,10,12-13H,9,11H2,1-3H3,(H3,19,21,22);1H. The number of anilines is 1. The molecular formula is C18H25IN4O. The van der Waals surface area contributed by atoms with Gasteiger partial charge in [-0.3, -0.25) is 9.98 Å². The SMILES string of the molecule is Cc1cnccc1CCN=C(N)Nc1ccc(OC(C)C)cc1.I. The van der Waals surface area contributed by atoms with E-state index in [0.717, 1.165) is 17.9 Å². The van der Waals surface area contributed by atoms with Gasteiger partial charge in [-0.25, -0.2) is 0 Å². The Hall–Kier alpha value is -1.83. The Morgan fingerprint density at radius 2 is 1.96 bits per heavy atom. The van der Waals surface area contributed by atoms with E-state index >= 15 is 0 Å². The molecule has 1 aromatic heterocycles. The van der Waals surface area contributed by atoms with E-state index in [1.165, 1.54) is 11.1 Å². The van der Waals surface area contributed by atoms with Crippen molar-refractivity contribution < 1.29 is 4.74 Å². The molecule has 0 unspecified atom stereocenters. The first-order chi connectivity index (χ1) is 11.0. The lowest BCUT2D eigenvalue weighted by Crippen LogP contribution is -2.23. The molecule has 2 rings (SSSR count). The number of rotatable bonds is 6. The molecule has 5 nitrogen and oxygen atoms in total. The summed E-state index contributed by atoms with van der Waals surface area (Å²) in [6.07, 6.45) is 4.67. The number of nitrogens with one attached hydrogen (secondary N) is 1. The van der Waals surface area contributed by atoms with Crippen LogP contribution >= 0.6 is 24.0 Å². The van der Waals surface area contributed by atoms with Crippen LogP contribution in [0.3, 0.4) is 0 Å². The highest BCUT2D eigenvalue weighted by Gasteiger charge is 2.00. The number of hydrogen-bond acceptors (Lipinski definition) is 3. The molecule has 1 aromatic carbocycles. The van der Waals surface area contributed by atoms with Gasteiger partial charge in [-0.15, -0.1) is 24.0 Å². The fraction of sp³-hybridized carbons (Fsp3) is 0.333. The molecule has 0 radical (unpaired) electrons. The summed E-state index contributed by atoms with van der Waals surface area (Å²) in [6, 6.07) is 9.69. The van der Waals surface area contributed by atoms with Crippen molar-refractivity contribution in [3.63, 3.8) is 0 Å². The van der Waals surface area contributed by atoms with E-state index in [-0.39, 0.29) is 30.1 Å². The van der Waals surface area contributed by atoms with Crippen LogP contribution in [-0.4, -0.2) is 23.6 Å². The molecule has 1 heterocycles. The number of nitrogens with zero attached hydrogens (tertiary/aromatic N) is 2. The van der Waals surface area contributed by atoms with Gasteiger partial charge in [-0.1, -0.05) is 0 Å². The topological polar surface area (TPSA) is 72.5 Å². The Bertz CT molecular complexity index is 656. The van der Waals surface area contributed by atoms with Gasteiger partial charge in [0.05, 0.1) is 6.10 Å². The number of nitrogens with two attached hydrogens (primary N) is 1. The summed E-state index contributed by atoms with van der Waals surface area (Å²) in [5.41, 5.74) is 9.23. The van der Waals surface area contributed by atoms with E-state index in [0.29, 0.717) is 12.5 Å². The third-order valence-corrected chi connectivity index (χ3v) is 3.30. The number of aromatic nitrogens is 1. The van der Waals surface area contributed by atoms with Crippen LogP contribution in [0.15, 0.2) is 47.7 Å². The molecule has 0 atom stereocenters. The highest BCUT2D eigenvalue weighted by molar-refractivity contribution is 14.0. The molecule has 2 aromatic rings. The molecule has 0 spiro atoms. The van der Waals surface area contributed by atoms with Crippen LogP contribution in [0.5, 0.6) is 5.75 Å². The monoisotopic (exact) mass is 440 g/mol. The van der Waals surface area contributed by atoms with Crippen LogP contribution in [-0.2, 0) is 6.42 Å². The molecule has 0 amide bonds. The van der Waals surface area contributed by atoms with E-state index < -0.39 is 0 Å². The third-order valence-electron chi connectivity index (χ3n) is 3.30. The molecular weight excluding hydrogens is 415 g/mol. The van der Waals surface area contributed by atoms with Crippen LogP contribution in [0, 0.1) is 6.92 Å². The summed E-state index contributed by atoms with van der Waals surface area (Å²) in [6.45, 7) is 6.69. The zero-order valence-electron chi connectivity index (χ0n) is 14.3. The second-order valence-electron chi connectivity index (χ2n) is 5.64. The lowest BCUT2D eigenvalue weighted by molar-refractivity contribution is 0.242. The molecule has 0 fully saturated rings. The Balaban J connectivity index is 0.00000288. The van der Waals surface area contributed by atoms with E-state index in [1.807, 2.05) is 50.4 Å². The number of ether oxygens (including phenoxy) is 1. The lowest BCUT2D eigenvalue weighted by atomic mass is 10.1. The van der Waals surface area contributed by atoms with Gasteiger partial charge in [-0.2, -0.15) is 0 Å². The van der Waals surface area contributed by atoms with Gasteiger partial charge < -0.3 is 15.8 Å². The molecule has 0 aliphatic heterocycles. The largest absolute Gasteiger partial charge is 0.491 e. The van der Waals surface area contributed by atoms with E-state index in [2.05, 4.69) is 22.2 Å². The highest BCUT2D eigenvalue weighted by Crippen LogP contribution is 2.16. The number of benzene rings is 1. The number of guanidine groups is 1. The predicted octanol–water partition coefficient (Wildman–Crippen LogP) is 3.76. The molecule has 0 saturated carbocycles. The smallest absolute Gasteiger partial charge is 0.193 e. The summed E-state index contributed by atoms with van der Waals surface area (Å²) in [4.78, 5) is 8.44. The first-order valence-corrected chi connectivity index (χ1v) is 7.78. The number of aliphatic imine (C=N–C) groups is 1. The van der Waals surface area contributed by atoms with Crippen molar-refractivity contribution in [1.82, 2.24) is 4.98 Å². The maximum atomic E-state index is 5.92. The molecule has 3 N–H and O–H groups in total. The Morgan fingerprint density at radius 1 is 1.25 bits per heavy atom. The predicted molar refractivity (Wildman–Crippen MR) is 110 cm³/mol.